The summed E-state index contributed by atoms with van der Waals surface area (Å²) in [6.45, 7) is 2.48. The van der Waals surface area contributed by atoms with Gasteiger partial charge in [0.2, 0.25) is 5.91 Å². The minimum Gasteiger partial charge on any atom is -0.489 e. The smallest absolute Gasteiger partial charge is 0.326 e. The number of halogens is 2. The van der Waals surface area contributed by atoms with Gasteiger partial charge in [0.05, 0.1) is 21.7 Å². The number of fused-ring (bicyclic) bond motifs is 2. The number of nitrogens with one attached hydrogen (secondary N) is 1. The highest BCUT2D eigenvalue weighted by Crippen LogP contribution is 2.41. The summed E-state index contributed by atoms with van der Waals surface area (Å²) in [5, 5.41) is 23.1. The summed E-state index contributed by atoms with van der Waals surface area (Å²) in [5.41, 5.74) is 7.63. The van der Waals surface area contributed by atoms with Crippen molar-refractivity contribution in [2.75, 3.05) is 6.61 Å². The van der Waals surface area contributed by atoms with Crippen molar-refractivity contribution < 1.29 is 33.7 Å². The maximum Gasteiger partial charge on any atom is 0.326 e. The molecule has 0 aliphatic carbocycles. The van der Waals surface area contributed by atoms with Crippen molar-refractivity contribution in [3.63, 3.8) is 0 Å². The van der Waals surface area contributed by atoms with Crippen molar-refractivity contribution in [3.8, 4) is 34.4 Å². The second-order valence-electron chi connectivity index (χ2n) is 15.0. The Morgan fingerprint density at radius 3 is 2.23 bits per heavy atom. The third kappa shape index (κ3) is 9.19. The van der Waals surface area contributed by atoms with Gasteiger partial charge < -0.3 is 29.5 Å². The van der Waals surface area contributed by atoms with Crippen molar-refractivity contribution in [1.29, 1.82) is 5.26 Å². The summed E-state index contributed by atoms with van der Waals surface area (Å²) in [6, 6.07) is 38.2. The Hall–Kier alpha value is -6.80. The molecule has 0 spiro atoms. The highest BCUT2D eigenvalue weighted by atomic mass is 35.5. The van der Waals surface area contributed by atoms with Crippen molar-refractivity contribution >= 4 is 41.0 Å². The molecule has 2 aliphatic rings. The van der Waals surface area contributed by atoms with Crippen LogP contribution in [0.25, 0.3) is 11.1 Å². The van der Waals surface area contributed by atoms with Gasteiger partial charge in [0.25, 0.3) is 5.91 Å². The normalized spacial score (nSPS) is 15.8. The molecular formula is C49H39Cl2N3O7. The van der Waals surface area contributed by atoms with Gasteiger partial charge >= 0.3 is 5.97 Å². The molecule has 2 aliphatic heterocycles. The first kappa shape index (κ1) is 41.0. The number of nitriles is 1. The van der Waals surface area contributed by atoms with Crippen molar-refractivity contribution in [2.24, 2.45) is 0 Å². The van der Waals surface area contributed by atoms with Gasteiger partial charge in [-0.15, -0.1) is 0 Å². The molecule has 2 N–H and O–H groups in total. The van der Waals surface area contributed by atoms with Crippen LogP contribution in [-0.4, -0.2) is 46.5 Å². The fraction of sp³-hybridized carbons (Fsp3) is 0.184. The number of ether oxygens (including phenoxy) is 3. The predicted octanol–water partition coefficient (Wildman–Crippen LogP) is 9.31. The number of carboxylic acids is 1. The fourth-order valence-corrected chi connectivity index (χ4v) is 7.90. The van der Waals surface area contributed by atoms with Crippen LogP contribution in [0.1, 0.15) is 55.4 Å². The van der Waals surface area contributed by atoms with E-state index in [0.29, 0.717) is 50.6 Å². The molecule has 0 aromatic heterocycles. The van der Waals surface area contributed by atoms with Gasteiger partial charge in [0.15, 0.2) is 17.6 Å². The van der Waals surface area contributed by atoms with Crippen molar-refractivity contribution in [3.05, 3.63) is 182 Å². The van der Waals surface area contributed by atoms with Crippen LogP contribution in [0.5, 0.6) is 17.2 Å². The summed E-state index contributed by atoms with van der Waals surface area (Å²) < 4.78 is 18.7. The zero-order chi connectivity index (χ0) is 42.6. The number of carbonyl (C=O) groups excluding carboxylic acids is 2. The van der Waals surface area contributed by atoms with Crippen LogP contribution in [0.3, 0.4) is 0 Å². The Bertz CT molecular complexity index is 2660. The van der Waals surface area contributed by atoms with Crippen molar-refractivity contribution in [2.45, 2.75) is 51.1 Å². The van der Waals surface area contributed by atoms with E-state index in [1.54, 1.807) is 36.4 Å². The Balaban J connectivity index is 0.987. The van der Waals surface area contributed by atoms with Crippen molar-refractivity contribution in [1.82, 2.24) is 10.2 Å². The number of carboxylic acid groups (broad SMARTS) is 1. The molecule has 0 saturated heterocycles. The van der Waals surface area contributed by atoms with Gasteiger partial charge in [-0.25, -0.2) is 4.79 Å². The van der Waals surface area contributed by atoms with Crippen LogP contribution in [-0.2, 0) is 35.6 Å². The molecule has 0 bridgehead atoms. The first-order chi connectivity index (χ1) is 29.5. The quantitative estimate of drug-likeness (QED) is 0.132. The number of benzene rings is 6. The maximum atomic E-state index is 14.3. The van der Waals surface area contributed by atoms with E-state index in [-0.39, 0.29) is 31.9 Å². The number of rotatable bonds is 11. The fourth-order valence-electron chi connectivity index (χ4n) is 7.58. The van der Waals surface area contributed by atoms with E-state index in [4.69, 9.17) is 42.7 Å². The average Bonchev–Trinajstić information content (AvgIpc) is 3.28. The molecule has 2 amide bonds. The standard InChI is InChI=1S/C49H39Cl2N3O7/c1-29-4-2-3-5-39(29)48(56)54-26-37-24-45-44(60-28-46(61-45)35-15-17-38(18-16-35)59-27-32-10-19-40(50)41(51)20-32)23-36(37)22-43(54)47(55)53-42(49(57)58)21-30-6-11-33(12-7-30)34-13-8-31(25-52)9-14-34/h2-20,23-24,42-43,46H,21-22,26-28H2,1H3,(H,53,55)(H,57,58)/t42?,43-,46+/m0/s1. The lowest BCUT2D eigenvalue weighted by Gasteiger charge is -2.38. The summed E-state index contributed by atoms with van der Waals surface area (Å²) >= 11 is 12.2. The molecule has 0 saturated carbocycles. The van der Waals surface area contributed by atoms with E-state index in [0.717, 1.165) is 38.9 Å². The van der Waals surface area contributed by atoms with Gasteiger partial charge in [-0.3, -0.25) is 9.59 Å². The molecule has 1 unspecified atom stereocenters. The van der Waals surface area contributed by atoms with Gasteiger partial charge in [-0.2, -0.15) is 5.26 Å². The third-order valence-corrected chi connectivity index (χ3v) is 11.7. The first-order valence-corrected chi connectivity index (χ1v) is 20.4. The van der Waals surface area contributed by atoms with E-state index in [2.05, 4.69) is 11.4 Å². The Morgan fingerprint density at radius 1 is 0.852 bits per heavy atom. The van der Waals surface area contributed by atoms with E-state index in [1.165, 1.54) is 4.90 Å². The lowest BCUT2D eigenvalue weighted by molar-refractivity contribution is -0.142. The molecule has 12 heteroatoms. The number of amides is 2. The molecule has 306 valence electrons. The summed E-state index contributed by atoms with van der Waals surface area (Å²) in [7, 11) is 0. The molecule has 10 nitrogen and oxygen atoms in total. The molecular weight excluding hydrogens is 813 g/mol. The van der Waals surface area contributed by atoms with Crippen LogP contribution in [0, 0.1) is 18.3 Å². The van der Waals surface area contributed by atoms with E-state index in [1.807, 2.05) is 97.9 Å². The minimum atomic E-state index is -1.26. The zero-order valence-corrected chi connectivity index (χ0v) is 34.5. The van der Waals surface area contributed by atoms with Crippen LogP contribution < -0.4 is 19.5 Å². The third-order valence-electron chi connectivity index (χ3n) is 11.0. The number of aliphatic carboxylic acids is 1. The predicted molar refractivity (Wildman–Crippen MR) is 231 cm³/mol. The number of nitrogens with zero attached hydrogens (tertiary/aromatic N) is 2. The molecule has 61 heavy (non-hydrogen) atoms. The van der Waals surface area contributed by atoms with E-state index < -0.39 is 30.1 Å². The minimum absolute atomic E-state index is 0.0259. The molecule has 6 aromatic carbocycles. The first-order valence-electron chi connectivity index (χ1n) is 19.6. The lowest BCUT2D eigenvalue weighted by Crippen LogP contribution is -2.56. The number of hydrogen-bond acceptors (Lipinski definition) is 7. The van der Waals surface area contributed by atoms with E-state index >= 15 is 0 Å². The second kappa shape index (κ2) is 17.8. The molecule has 0 radical (unpaired) electrons. The largest absolute Gasteiger partial charge is 0.489 e. The number of aryl methyl sites for hydroxylation is 1. The molecule has 8 rings (SSSR count). The van der Waals surface area contributed by atoms with Gasteiger partial charge in [-0.05, 0) is 106 Å². The summed E-state index contributed by atoms with van der Waals surface area (Å²) in [6.07, 6.45) is -0.256. The maximum absolute atomic E-state index is 14.3. The summed E-state index contributed by atoms with van der Waals surface area (Å²) in [5.74, 6) is -0.420. The summed E-state index contributed by atoms with van der Waals surface area (Å²) in [4.78, 5) is 42.6. The van der Waals surface area contributed by atoms with Gasteiger partial charge in [0.1, 0.15) is 31.0 Å². The van der Waals surface area contributed by atoms with Gasteiger partial charge in [0, 0.05) is 24.9 Å². The number of hydrogen-bond donors (Lipinski definition) is 2. The van der Waals surface area contributed by atoms with Gasteiger partial charge in [-0.1, -0.05) is 96.0 Å². The Labute approximate surface area is 362 Å². The highest BCUT2D eigenvalue weighted by Gasteiger charge is 2.38. The van der Waals surface area contributed by atoms with Crippen LogP contribution >= 0.6 is 23.2 Å². The Kier molecular flexibility index (Phi) is 12.0. The number of carbonyl (C=O) groups is 3. The lowest BCUT2D eigenvalue weighted by atomic mass is 9.91. The topological polar surface area (TPSA) is 138 Å². The zero-order valence-electron chi connectivity index (χ0n) is 32.9. The highest BCUT2D eigenvalue weighted by molar-refractivity contribution is 6.42. The second-order valence-corrected chi connectivity index (χ2v) is 15.9. The molecule has 0 fully saturated rings. The van der Waals surface area contributed by atoms with Crippen LogP contribution in [0.2, 0.25) is 10.0 Å². The monoisotopic (exact) mass is 851 g/mol. The SMILES string of the molecule is Cc1ccccc1C(=O)N1Cc2cc3c(cc2C[C@H]1C(=O)NC(Cc1ccc(-c2ccc(C#N)cc2)cc1)C(=O)O)OC[C@H](c1ccc(OCc2ccc(Cl)c(Cl)c2)cc1)O3. The molecule has 2 heterocycles. The van der Waals surface area contributed by atoms with E-state index in [9.17, 15) is 19.5 Å². The average molecular weight is 853 g/mol. The van der Waals surface area contributed by atoms with Crippen LogP contribution in [0.4, 0.5) is 0 Å². The Morgan fingerprint density at radius 2 is 1.54 bits per heavy atom. The van der Waals surface area contributed by atoms with Crippen LogP contribution in [0.15, 0.2) is 127 Å². The molecule has 3 atom stereocenters. The molecule has 6 aromatic rings.